The zero-order valence-electron chi connectivity index (χ0n) is 21.4. The summed E-state index contributed by atoms with van der Waals surface area (Å²) in [6, 6.07) is 21.7. The number of para-hydroxylation sites is 1. The summed E-state index contributed by atoms with van der Waals surface area (Å²) in [4.78, 5) is 54.4. The predicted octanol–water partition coefficient (Wildman–Crippen LogP) is 5.39. The second-order valence-electron chi connectivity index (χ2n) is 9.01. The molecule has 0 atom stereocenters. The quantitative estimate of drug-likeness (QED) is 0.229. The van der Waals surface area contributed by atoms with Gasteiger partial charge in [-0.3, -0.25) is 25.0 Å². The van der Waals surface area contributed by atoms with E-state index in [4.69, 9.17) is 4.74 Å². The van der Waals surface area contributed by atoms with Crippen LogP contribution < -0.4 is 10.6 Å². The molecule has 1 aromatic heterocycles. The highest BCUT2D eigenvalue weighted by atomic mass is 32.1. The molecule has 0 fully saturated rings. The third-order valence-corrected chi connectivity index (χ3v) is 7.32. The predicted molar refractivity (Wildman–Crippen MR) is 149 cm³/mol. The van der Waals surface area contributed by atoms with Crippen molar-refractivity contribution in [1.82, 2.24) is 9.88 Å². The molecular formula is C28H23N5O6S. The SMILES string of the molecule is Cc1nc(NC(=O)c2ccccc2NC(=O)CN(C)C(=O)OC2c3ccccc3-c3ccccc32)sc1[N+](=O)[O-]. The molecule has 1 heterocycles. The molecular weight excluding hydrogens is 534 g/mol. The second kappa shape index (κ2) is 10.9. The van der Waals surface area contributed by atoms with Gasteiger partial charge in [-0.05, 0) is 41.5 Å². The van der Waals surface area contributed by atoms with Gasteiger partial charge < -0.3 is 15.0 Å². The fourth-order valence-electron chi connectivity index (χ4n) is 4.46. The Kier molecular flexibility index (Phi) is 7.25. The first-order chi connectivity index (χ1) is 19.2. The van der Waals surface area contributed by atoms with Gasteiger partial charge in [-0.15, -0.1) is 0 Å². The standard InChI is InChI=1S/C28H23N5O6S/c1-16-26(33(37)38)40-27(29-16)31-25(35)21-13-7-8-14-22(21)30-23(34)15-32(2)28(36)39-24-19-11-5-3-9-17(19)18-10-4-6-12-20(18)24/h3-14,24H,15H2,1-2H3,(H,30,34)(H,29,31,35). The van der Waals surface area contributed by atoms with Crippen molar-refractivity contribution in [2.24, 2.45) is 0 Å². The molecule has 5 rings (SSSR count). The van der Waals surface area contributed by atoms with Crippen LogP contribution in [0, 0.1) is 17.0 Å². The number of nitro groups is 1. The van der Waals surface area contributed by atoms with Gasteiger partial charge in [0.1, 0.15) is 12.2 Å². The largest absolute Gasteiger partial charge is 0.436 e. The van der Waals surface area contributed by atoms with Crippen LogP contribution in [0.4, 0.5) is 20.6 Å². The number of likely N-dealkylation sites (N-methyl/N-ethyl adjacent to an activating group) is 1. The highest BCUT2D eigenvalue weighted by molar-refractivity contribution is 7.19. The Bertz CT molecular complexity index is 1610. The highest BCUT2D eigenvalue weighted by Crippen LogP contribution is 2.45. The maximum Gasteiger partial charge on any atom is 0.410 e. The van der Waals surface area contributed by atoms with Crippen LogP contribution in [0.5, 0.6) is 0 Å². The summed E-state index contributed by atoms with van der Waals surface area (Å²) in [5, 5.41) is 16.2. The number of aryl methyl sites for hydroxylation is 1. The first kappa shape index (κ1) is 26.5. The van der Waals surface area contributed by atoms with E-state index in [-0.39, 0.29) is 33.6 Å². The lowest BCUT2D eigenvalue weighted by Gasteiger charge is -2.21. The van der Waals surface area contributed by atoms with E-state index < -0.39 is 28.9 Å². The Morgan fingerprint density at radius 3 is 2.20 bits per heavy atom. The number of thiazole rings is 1. The number of hydrogen-bond donors (Lipinski definition) is 2. The van der Waals surface area contributed by atoms with Gasteiger partial charge in [0.05, 0.1) is 16.2 Å². The third-order valence-electron chi connectivity index (χ3n) is 6.29. The number of carbonyl (C=O) groups excluding carboxylic acids is 3. The number of hydrogen-bond acceptors (Lipinski definition) is 8. The van der Waals surface area contributed by atoms with Crippen molar-refractivity contribution in [2.75, 3.05) is 24.2 Å². The number of rotatable bonds is 7. The van der Waals surface area contributed by atoms with Crippen molar-refractivity contribution in [1.29, 1.82) is 0 Å². The van der Waals surface area contributed by atoms with E-state index in [0.717, 1.165) is 38.5 Å². The van der Waals surface area contributed by atoms with Crippen molar-refractivity contribution in [3.8, 4) is 11.1 Å². The Hall–Kier alpha value is -5.10. The fourth-order valence-corrected chi connectivity index (χ4v) is 5.24. The summed E-state index contributed by atoms with van der Waals surface area (Å²) < 4.78 is 5.82. The minimum Gasteiger partial charge on any atom is -0.436 e. The minimum atomic E-state index is -0.682. The normalized spacial score (nSPS) is 11.8. The van der Waals surface area contributed by atoms with Gasteiger partial charge in [-0.25, -0.2) is 9.78 Å². The second-order valence-corrected chi connectivity index (χ2v) is 9.99. The van der Waals surface area contributed by atoms with E-state index in [1.165, 1.54) is 26.1 Å². The molecule has 0 saturated carbocycles. The summed E-state index contributed by atoms with van der Waals surface area (Å²) in [5.74, 6) is -1.15. The van der Waals surface area contributed by atoms with Crippen LogP contribution in [0.3, 0.4) is 0 Å². The van der Waals surface area contributed by atoms with E-state index in [9.17, 15) is 24.5 Å². The number of nitrogens with one attached hydrogen (secondary N) is 2. The number of aromatic nitrogens is 1. The number of benzene rings is 3. The fraction of sp³-hybridized carbons (Fsp3) is 0.143. The molecule has 0 spiro atoms. The van der Waals surface area contributed by atoms with Gasteiger partial charge in [0, 0.05) is 18.2 Å². The molecule has 0 unspecified atom stereocenters. The molecule has 0 bridgehead atoms. The Balaban J connectivity index is 1.24. The number of anilines is 2. The maximum atomic E-state index is 13.0. The molecule has 0 radical (unpaired) electrons. The number of carbonyl (C=O) groups is 3. The molecule has 12 heteroatoms. The third kappa shape index (κ3) is 5.24. The van der Waals surface area contributed by atoms with Crippen molar-refractivity contribution in [3.05, 3.63) is 105 Å². The molecule has 3 aromatic carbocycles. The summed E-state index contributed by atoms with van der Waals surface area (Å²) in [6.07, 6.45) is -1.28. The highest BCUT2D eigenvalue weighted by Gasteiger charge is 2.32. The summed E-state index contributed by atoms with van der Waals surface area (Å²) in [7, 11) is 1.45. The molecule has 4 aromatic rings. The summed E-state index contributed by atoms with van der Waals surface area (Å²) in [5.41, 5.74) is 4.24. The van der Waals surface area contributed by atoms with Crippen molar-refractivity contribution >= 4 is 45.1 Å². The van der Waals surface area contributed by atoms with Crippen LogP contribution in [0.25, 0.3) is 11.1 Å². The van der Waals surface area contributed by atoms with Gasteiger partial charge in [-0.2, -0.15) is 0 Å². The molecule has 0 aliphatic heterocycles. The van der Waals surface area contributed by atoms with Gasteiger partial charge in [0.2, 0.25) is 5.91 Å². The molecule has 2 N–H and O–H groups in total. The van der Waals surface area contributed by atoms with Crippen molar-refractivity contribution < 1.29 is 24.0 Å². The summed E-state index contributed by atoms with van der Waals surface area (Å²) in [6.45, 7) is 1.15. The van der Waals surface area contributed by atoms with Crippen molar-refractivity contribution in [3.63, 3.8) is 0 Å². The Labute approximate surface area is 232 Å². The van der Waals surface area contributed by atoms with Gasteiger partial charge in [0.15, 0.2) is 11.2 Å². The van der Waals surface area contributed by atoms with Crippen LogP contribution in [-0.4, -0.2) is 46.3 Å². The number of nitrogens with zero attached hydrogens (tertiary/aromatic N) is 3. The first-order valence-corrected chi connectivity index (χ1v) is 13.0. The lowest BCUT2D eigenvalue weighted by atomic mass is 10.1. The molecule has 3 amide bonds. The minimum absolute atomic E-state index is 0.0628. The van der Waals surface area contributed by atoms with E-state index >= 15 is 0 Å². The number of ether oxygens (including phenoxy) is 1. The lowest BCUT2D eigenvalue weighted by Crippen LogP contribution is -2.36. The zero-order chi connectivity index (χ0) is 28.4. The van der Waals surface area contributed by atoms with Crippen molar-refractivity contribution in [2.45, 2.75) is 13.0 Å². The van der Waals surface area contributed by atoms with Crippen LogP contribution in [0.2, 0.25) is 0 Å². The molecule has 40 heavy (non-hydrogen) atoms. The number of amides is 3. The van der Waals surface area contributed by atoms with E-state index in [2.05, 4.69) is 15.6 Å². The first-order valence-electron chi connectivity index (χ1n) is 12.1. The Morgan fingerprint density at radius 2 is 1.57 bits per heavy atom. The topological polar surface area (TPSA) is 144 Å². The average molecular weight is 558 g/mol. The lowest BCUT2D eigenvalue weighted by molar-refractivity contribution is -0.380. The van der Waals surface area contributed by atoms with Crippen LogP contribution >= 0.6 is 11.3 Å². The maximum absolute atomic E-state index is 13.0. The van der Waals surface area contributed by atoms with Gasteiger partial charge in [0.25, 0.3) is 5.91 Å². The van der Waals surface area contributed by atoms with E-state index in [1.807, 2.05) is 48.5 Å². The molecule has 11 nitrogen and oxygen atoms in total. The van der Waals surface area contributed by atoms with E-state index in [0.29, 0.717) is 0 Å². The average Bonchev–Trinajstić information content (AvgIpc) is 3.46. The monoisotopic (exact) mass is 557 g/mol. The molecule has 202 valence electrons. The number of fused-ring (bicyclic) bond motifs is 3. The molecule has 1 aliphatic carbocycles. The van der Waals surface area contributed by atoms with Crippen LogP contribution in [0.1, 0.15) is 33.3 Å². The summed E-state index contributed by atoms with van der Waals surface area (Å²) >= 11 is 0.739. The van der Waals surface area contributed by atoms with Crippen LogP contribution in [0.15, 0.2) is 72.8 Å². The van der Waals surface area contributed by atoms with E-state index in [1.54, 1.807) is 12.1 Å². The Morgan fingerprint density at radius 1 is 0.975 bits per heavy atom. The molecule has 0 saturated heterocycles. The van der Waals surface area contributed by atoms with Gasteiger partial charge >= 0.3 is 11.1 Å². The zero-order valence-corrected chi connectivity index (χ0v) is 22.2. The van der Waals surface area contributed by atoms with Gasteiger partial charge in [-0.1, -0.05) is 60.7 Å². The smallest absolute Gasteiger partial charge is 0.410 e. The molecule has 1 aliphatic rings. The van der Waals surface area contributed by atoms with Crippen LogP contribution in [-0.2, 0) is 9.53 Å².